The Labute approximate surface area is 218 Å². The first-order valence-corrected chi connectivity index (χ1v) is 13.9. The summed E-state index contributed by atoms with van der Waals surface area (Å²) in [5.74, 6) is -0.348. The van der Waals surface area contributed by atoms with Gasteiger partial charge in [-0.05, 0) is 71.3 Å². The molecular weight excluding hydrogens is 482 g/mol. The predicted molar refractivity (Wildman–Crippen MR) is 139 cm³/mol. The molecule has 1 unspecified atom stereocenters. The number of esters is 3. The molecule has 36 heavy (non-hydrogen) atoms. The largest absolute Gasteiger partial charge is 0.466 e. The maximum absolute atomic E-state index is 12.3. The van der Waals surface area contributed by atoms with Gasteiger partial charge in [-0.15, -0.1) is 11.3 Å². The average molecular weight is 524 g/mol. The standard InChI is InChI=1S/C16H23NO4S.C11H18O3/c1-4-16(15(19)21-6-3)8-7-10-11(9-16)22-13(17)12(10)14(18)20-5-2;1-3-11(10(13)14-4-2)7-5-9(12)6-8-11/h4-9,17H2,1-3H3;3-8H2,1-2H3. The monoisotopic (exact) mass is 523 g/mol. The molecule has 0 bridgehead atoms. The molecule has 0 spiro atoms. The highest BCUT2D eigenvalue weighted by atomic mass is 32.1. The summed E-state index contributed by atoms with van der Waals surface area (Å²) in [4.78, 5) is 48.3. The number of thiophene rings is 1. The van der Waals surface area contributed by atoms with Gasteiger partial charge in [-0.1, -0.05) is 13.8 Å². The van der Waals surface area contributed by atoms with Crippen LogP contribution in [0.1, 0.15) is 100 Å². The average Bonchev–Trinajstić information content (AvgIpc) is 3.20. The van der Waals surface area contributed by atoms with Crippen molar-refractivity contribution >= 4 is 40.0 Å². The molecule has 2 aliphatic rings. The van der Waals surface area contributed by atoms with E-state index in [4.69, 9.17) is 19.9 Å². The molecule has 1 saturated carbocycles. The molecule has 202 valence electrons. The molecule has 2 aliphatic carbocycles. The summed E-state index contributed by atoms with van der Waals surface area (Å²) in [5.41, 5.74) is 6.60. The summed E-state index contributed by atoms with van der Waals surface area (Å²) in [7, 11) is 0. The van der Waals surface area contributed by atoms with Crippen LogP contribution in [0.5, 0.6) is 0 Å². The molecule has 0 aliphatic heterocycles. The molecule has 2 N–H and O–H groups in total. The molecule has 3 rings (SSSR count). The second-order valence-corrected chi connectivity index (χ2v) is 10.5. The van der Waals surface area contributed by atoms with E-state index in [1.165, 1.54) is 11.3 Å². The molecular formula is C27H41NO7S. The van der Waals surface area contributed by atoms with Gasteiger partial charge >= 0.3 is 17.9 Å². The van der Waals surface area contributed by atoms with Gasteiger partial charge in [0.05, 0.1) is 36.2 Å². The molecule has 1 heterocycles. The highest BCUT2D eigenvalue weighted by Crippen LogP contribution is 2.45. The van der Waals surface area contributed by atoms with Crippen molar-refractivity contribution in [2.24, 2.45) is 10.8 Å². The van der Waals surface area contributed by atoms with E-state index in [0.29, 0.717) is 75.3 Å². The molecule has 1 aromatic heterocycles. The lowest BCUT2D eigenvalue weighted by Gasteiger charge is -2.33. The van der Waals surface area contributed by atoms with Gasteiger partial charge in [-0.25, -0.2) is 4.79 Å². The van der Waals surface area contributed by atoms with Gasteiger partial charge in [0, 0.05) is 17.7 Å². The summed E-state index contributed by atoms with van der Waals surface area (Å²) in [6, 6.07) is 0. The fourth-order valence-corrected chi connectivity index (χ4v) is 6.28. The van der Waals surface area contributed by atoms with E-state index in [2.05, 4.69) is 0 Å². The van der Waals surface area contributed by atoms with Crippen molar-refractivity contribution < 1.29 is 33.4 Å². The second-order valence-electron chi connectivity index (χ2n) is 9.39. The lowest BCUT2D eigenvalue weighted by molar-refractivity contribution is -0.158. The Morgan fingerprint density at radius 2 is 1.31 bits per heavy atom. The minimum atomic E-state index is -0.494. The Kier molecular flexibility index (Phi) is 10.9. The van der Waals surface area contributed by atoms with E-state index in [0.717, 1.165) is 23.3 Å². The van der Waals surface area contributed by atoms with E-state index in [1.807, 2.05) is 27.7 Å². The van der Waals surface area contributed by atoms with Crippen molar-refractivity contribution in [1.82, 2.24) is 0 Å². The normalized spacial score (nSPS) is 20.4. The third-order valence-corrected chi connectivity index (χ3v) is 8.55. The number of fused-ring (bicyclic) bond motifs is 1. The number of hydrogen-bond donors (Lipinski definition) is 1. The molecule has 0 aromatic carbocycles. The Morgan fingerprint density at radius 3 is 1.81 bits per heavy atom. The van der Waals surface area contributed by atoms with E-state index < -0.39 is 5.41 Å². The molecule has 1 fully saturated rings. The summed E-state index contributed by atoms with van der Waals surface area (Å²) >= 11 is 1.39. The van der Waals surface area contributed by atoms with E-state index in [1.54, 1.807) is 6.92 Å². The zero-order valence-electron chi connectivity index (χ0n) is 22.3. The zero-order chi connectivity index (χ0) is 26.9. The third-order valence-electron chi connectivity index (χ3n) is 7.49. The summed E-state index contributed by atoms with van der Waals surface area (Å²) < 4.78 is 15.4. The van der Waals surface area contributed by atoms with Crippen molar-refractivity contribution in [3.05, 3.63) is 16.0 Å². The number of ether oxygens (including phenoxy) is 3. The number of nitrogen functional groups attached to an aromatic ring is 1. The first-order valence-electron chi connectivity index (χ1n) is 13.1. The first-order chi connectivity index (χ1) is 17.1. The van der Waals surface area contributed by atoms with Crippen molar-refractivity contribution in [3.8, 4) is 0 Å². The second kappa shape index (κ2) is 13.2. The maximum Gasteiger partial charge on any atom is 0.341 e. The maximum atomic E-state index is 12.3. The number of nitrogens with two attached hydrogens (primary N) is 1. The van der Waals surface area contributed by atoms with Crippen LogP contribution in [-0.4, -0.2) is 43.5 Å². The highest BCUT2D eigenvalue weighted by Gasteiger charge is 2.44. The van der Waals surface area contributed by atoms with Gasteiger partial charge < -0.3 is 19.9 Å². The van der Waals surface area contributed by atoms with Crippen LogP contribution in [-0.2, 0) is 41.4 Å². The quantitative estimate of drug-likeness (QED) is 0.371. The SMILES string of the molecule is CCOC(=O)C1(CC)CCC(=O)CC1.CCOC(=O)c1c(N)sc2c1CCC(CC)(C(=O)OCC)C2. The van der Waals surface area contributed by atoms with E-state index in [-0.39, 0.29) is 29.1 Å². The van der Waals surface area contributed by atoms with Crippen molar-refractivity contribution in [2.75, 3.05) is 25.6 Å². The fourth-order valence-electron chi connectivity index (χ4n) is 5.03. The van der Waals surface area contributed by atoms with Crippen LogP contribution in [0.2, 0.25) is 0 Å². The van der Waals surface area contributed by atoms with Crippen molar-refractivity contribution in [1.29, 1.82) is 0 Å². The van der Waals surface area contributed by atoms with Crippen LogP contribution in [0.4, 0.5) is 5.00 Å². The topological polar surface area (TPSA) is 122 Å². The number of rotatable bonds is 8. The number of carbonyl (C=O) groups excluding carboxylic acids is 4. The van der Waals surface area contributed by atoms with Crippen LogP contribution in [0, 0.1) is 10.8 Å². The Bertz CT molecular complexity index is 944. The van der Waals surface area contributed by atoms with Gasteiger partial charge in [-0.3, -0.25) is 14.4 Å². The lowest BCUT2D eigenvalue weighted by atomic mass is 9.72. The third kappa shape index (κ3) is 6.47. The van der Waals surface area contributed by atoms with Crippen LogP contribution < -0.4 is 5.73 Å². The number of carbonyl (C=O) groups is 4. The zero-order valence-corrected chi connectivity index (χ0v) is 23.1. The van der Waals surface area contributed by atoms with Gasteiger partial charge in [0.15, 0.2) is 0 Å². The minimum Gasteiger partial charge on any atom is -0.466 e. The summed E-state index contributed by atoms with van der Waals surface area (Å²) in [6.45, 7) is 10.5. The number of ketones is 1. The summed E-state index contributed by atoms with van der Waals surface area (Å²) in [5, 5.41) is 0.485. The van der Waals surface area contributed by atoms with Crippen LogP contribution in [0.3, 0.4) is 0 Å². The predicted octanol–water partition coefficient (Wildman–Crippen LogP) is 5.04. The summed E-state index contributed by atoms with van der Waals surface area (Å²) in [6.07, 6.45) is 5.83. The number of hydrogen-bond acceptors (Lipinski definition) is 9. The van der Waals surface area contributed by atoms with Crippen LogP contribution in [0.15, 0.2) is 0 Å². The van der Waals surface area contributed by atoms with E-state index >= 15 is 0 Å². The smallest absolute Gasteiger partial charge is 0.341 e. The molecule has 1 aromatic rings. The lowest BCUT2D eigenvalue weighted by Crippen LogP contribution is -2.37. The van der Waals surface area contributed by atoms with Crippen molar-refractivity contribution in [2.45, 2.75) is 92.4 Å². The first kappa shape index (κ1) is 29.8. The molecule has 0 saturated heterocycles. The van der Waals surface area contributed by atoms with Crippen LogP contribution >= 0.6 is 11.3 Å². The molecule has 0 amide bonds. The Morgan fingerprint density at radius 1 is 0.806 bits per heavy atom. The van der Waals surface area contributed by atoms with Crippen molar-refractivity contribution in [3.63, 3.8) is 0 Å². The van der Waals surface area contributed by atoms with Gasteiger partial charge in [0.2, 0.25) is 0 Å². The number of anilines is 1. The fraction of sp³-hybridized carbons (Fsp3) is 0.704. The van der Waals surface area contributed by atoms with Gasteiger partial charge in [0.25, 0.3) is 0 Å². The highest BCUT2D eigenvalue weighted by molar-refractivity contribution is 7.16. The van der Waals surface area contributed by atoms with E-state index in [9.17, 15) is 19.2 Å². The molecule has 1 atom stereocenters. The molecule has 8 nitrogen and oxygen atoms in total. The Hall–Kier alpha value is -2.42. The Balaban J connectivity index is 0.000000281. The van der Waals surface area contributed by atoms with Crippen LogP contribution in [0.25, 0.3) is 0 Å². The van der Waals surface area contributed by atoms with Gasteiger partial charge in [0.1, 0.15) is 10.8 Å². The molecule has 0 radical (unpaired) electrons. The molecule has 9 heteroatoms. The van der Waals surface area contributed by atoms with Gasteiger partial charge in [-0.2, -0.15) is 0 Å². The minimum absolute atomic E-state index is 0.116. The number of Topliss-reactive ketones (excluding diaryl/α,β-unsaturated/α-hetero) is 1.